The molecule has 1 aromatic heterocycles. The summed E-state index contributed by atoms with van der Waals surface area (Å²) in [7, 11) is 2.07. The number of halogens is 1. The molecule has 0 radical (unpaired) electrons. The van der Waals surface area contributed by atoms with Crippen molar-refractivity contribution in [1.29, 1.82) is 0 Å². The van der Waals surface area contributed by atoms with E-state index < -0.39 is 5.63 Å². The summed E-state index contributed by atoms with van der Waals surface area (Å²) in [5.41, 5.74) is 2.81. The summed E-state index contributed by atoms with van der Waals surface area (Å²) in [6, 6.07) is 12.4. The number of aryl methyl sites for hydroxylation is 1. The normalized spacial score (nSPS) is 15.6. The third-order valence-electron chi connectivity index (χ3n) is 5.02. The van der Waals surface area contributed by atoms with Gasteiger partial charge in [-0.05, 0) is 31.7 Å². The lowest BCUT2D eigenvalue weighted by atomic mass is 10.0. The molecule has 0 spiro atoms. The van der Waals surface area contributed by atoms with Crippen molar-refractivity contribution in [3.63, 3.8) is 0 Å². The minimum Gasteiger partial charge on any atom is -0.422 e. The molecule has 4 nitrogen and oxygen atoms in total. The van der Waals surface area contributed by atoms with E-state index >= 15 is 0 Å². The van der Waals surface area contributed by atoms with Gasteiger partial charge in [-0.1, -0.05) is 29.8 Å². The van der Waals surface area contributed by atoms with E-state index in [0.717, 1.165) is 43.0 Å². The average molecular weight is 352 g/mol. The number of fused-ring (bicyclic) bond motifs is 1. The van der Waals surface area contributed by atoms with Gasteiger partial charge in [-0.2, -0.15) is 0 Å². The lowest BCUT2D eigenvalue weighted by Gasteiger charge is -2.34. The second-order valence-electron chi connectivity index (χ2n) is 6.94. The van der Waals surface area contributed by atoms with Crippen LogP contribution in [0.1, 0.15) is 5.56 Å². The van der Waals surface area contributed by atoms with Crippen molar-refractivity contribution in [1.82, 2.24) is 4.90 Å². The SMILES string of the molecule is Cc1ccc(-c2cc3c(F)cc(N4CCN(C)CC4)cc3oc2=O)cc1. The zero-order valence-corrected chi connectivity index (χ0v) is 15.0. The highest BCUT2D eigenvalue weighted by Crippen LogP contribution is 2.28. The molecular formula is C21H21FN2O2. The van der Waals surface area contributed by atoms with Crippen LogP contribution in [0.3, 0.4) is 0 Å². The molecular weight excluding hydrogens is 331 g/mol. The van der Waals surface area contributed by atoms with E-state index in [9.17, 15) is 9.18 Å². The average Bonchev–Trinajstić information content (AvgIpc) is 2.62. The first-order valence-electron chi connectivity index (χ1n) is 8.79. The molecule has 1 fully saturated rings. The highest BCUT2D eigenvalue weighted by molar-refractivity contribution is 5.85. The van der Waals surface area contributed by atoms with Crippen molar-refractivity contribution in [3.05, 3.63) is 64.3 Å². The van der Waals surface area contributed by atoms with Gasteiger partial charge in [-0.3, -0.25) is 0 Å². The fourth-order valence-electron chi connectivity index (χ4n) is 3.34. The number of likely N-dealkylation sites (N-methyl/N-ethyl adjacent to an activating group) is 1. The van der Waals surface area contributed by atoms with Crippen LogP contribution < -0.4 is 10.5 Å². The van der Waals surface area contributed by atoms with Gasteiger partial charge in [-0.25, -0.2) is 9.18 Å². The first-order chi connectivity index (χ1) is 12.5. The molecule has 0 amide bonds. The van der Waals surface area contributed by atoms with Gasteiger partial charge >= 0.3 is 5.63 Å². The maximum Gasteiger partial charge on any atom is 0.344 e. The summed E-state index contributed by atoms with van der Waals surface area (Å²) in [6.07, 6.45) is 0. The Balaban J connectivity index is 1.78. The fourth-order valence-corrected chi connectivity index (χ4v) is 3.34. The summed E-state index contributed by atoms with van der Waals surface area (Å²) >= 11 is 0. The van der Waals surface area contributed by atoms with Gasteiger partial charge in [-0.15, -0.1) is 0 Å². The summed E-state index contributed by atoms with van der Waals surface area (Å²) in [5.74, 6) is -0.367. The summed E-state index contributed by atoms with van der Waals surface area (Å²) in [5, 5.41) is 0.332. The number of hydrogen-bond acceptors (Lipinski definition) is 4. The number of piperazine rings is 1. The largest absolute Gasteiger partial charge is 0.422 e. The molecule has 2 heterocycles. The molecule has 26 heavy (non-hydrogen) atoms. The maximum atomic E-state index is 14.8. The Bertz CT molecular complexity index is 1000. The molecule has 0 unspecified atom stereocenters. The second kappa shape index (κ2) is 6.57. The van der Waals surface area contributed by atoms with Crippen LogP contribution in [-0.4, -0.2) is 38.1 Å². The quantitative estimate of drug-likeness (QED) is 0.660. The van der Waals surface area contributed by atoms with Crippen LogP contribution in [-0.2, 0) is 0 Å². The molecule has 5 heteroatoms. The van der Waals surface area contributed by atoms with Crippen LogP contribution in [0, 0.1) is 12.7 Å². The van der Waals surface area contributed by atoms with E-state index in [0.29, 0.717) is 16.5 Å². The number of hydrogen-bond donors (Lipinski definition) is 0. The molecule has 134 valence electrons. The van der Waals surface area contributed by atoms with Gasteiger partial charge in [0, 0.05) is 37.9 Å². The Hall–Kier alpha value is -2.66. The Morgan fingerprint density at radius 2 is 1.69 bits per heavy atom. The minimum atomic E-state index is -0.448. The Morgan fingerprint density at radius 1 is 1.00 bits per heavy atom. The standard InChI is InChI=1S/C21H21FN2O2/c1-14-3-5-15(6-4-14)17-13-18-19(22)11-16(12-20(18)26-21(17)25)24-9-7-23(2)8-10-24/h3-6,11-13H,7-10H2,1-2H3. The lowest BCUT2D eigenvalue weighted by Crippen LogP contribution is -2.44. The number of rotatable bonds is 2. The van der Waals surface area contributed by atoms with Gasteiger partial charge in [0.1, 0.15) is 11.4 Å². The van der Waals surface area contributed by atoms with Crippen molar-refractivity contribution in [2.24, 2.45) is 0 Å². The van der Waals surface area contributed by atoms with E-state index in [2.05, 4.69) is 16.8 Å². The first kappa shape index (κ1) is 16.8. The van der Waals surface area contributed by atoms with E-state index in [1.165, 1.54) is 6.07 Å². The molecule has 0 N–H and O–H groups in total. The molecule has 0 atom stereocenters. The molecule has 1 aliphatic heterocycles. The minimum absolute atomic E-state index is 0.291. The van der Waals surface area contributed by atoms with Gasteiger partial charge < -0.3 is 14.2 Å². The van der Waals surface area contributed by atoms with Crippen molar-refractivity contribution in [2.75, 3.05) is 38.1 Å². The number of benzene rings is 2. The second-order valence-corrected chi connectivity index (χ2v) is 6.94. The third-order valence-corrected chi connectivity index (χ3v) is 5.02. The molecule has 4 rings (SSSR count). The van der Waals surface area contributed by atoms with Crippen LogP contribution in [0.5, 0.6) is 0 Å². The Kier molecular flexibility index (Phi) is 4.24. The first-order valence-corrected chi connectivity index (χ1v) is 8.79. The molecule has 1 aliphatic rings. The van der Waals surface area contributed by atoms with Crippen LogP contribution in [0.2, 0.25) is 0 Å². The molecule has 0 saturated carbocycles. The smallest absolute Gasteiger partial charge is 0.344 e. The highest BCUT2D eigenvalue weighted by atomic mass is 19.1. The zero-order chi connectivity index (χ0) is 18.3. The fraction of sp³-hybridized carbons (Fsp3) is 0.286. The predicted molar refractivity (Wildman–Crippen MR) is 102 cm³/mol. The summed E-state index contributed by atoms with van der Waals surface area (Å²) < 4.78 is 20.2. The molecule has 1 saturated heterocycles. The van der Waals surface area contributed by atoms with E-state index in [1.54, 1.807) is 12.1 Å². The topological polar surface area (TPSA) is 36.7 Å². The molecule has 2 aromatic carbocycles. The van der Waals surface area contributed by atoms with Gasteiger partial charge in [0.15, 0.2) is 0 Å². The van der Waals surface area contributed by atoms with Crippen LogP contribution in [0.4, 0.5) is 10.1 Å². The van der Waals surface area contributed by atoms with Gasteiger partial charge in [0.05, 0.1) is 10.9 Å². The van der Waals surface area contributed by atoms with E-state index in [4.69, 9.17) is 4.42 Å². The maximum absolute atomic E-state index is 14.8. The van der Waals surface area contributed by atoms with Crippen molar-refractivity contribution >= 4 is 16.7 Å². The predicted octanol–water partition coefficient (Wildman–Crippen LogP) is 3.66. The van der Waals surface area contributed by atoms with E-state index in [1.807, 2.05) is 31.2 Å². The zero-order valence-electron chi connectivity index (χ0n) is 15.0. The van der Waals surface area contributed by atoms with Crippen LogP contribution in [0.15, 0.2) is 51.7 Å². The van der Waals surface area contributed by atoms with Crippen molar-refractivity contribution in [3.8, 4) is 11.1 Å². The molecule has 3 aromatic rings. The van der Waals surface area contributed by atoms with Crippen LogP contribution >= 0.6 is 0 Å². The van der Waals surface area contributed by atoms with Crippen molar-refractivity contribution < 1.29 is 8.81 Å². The van der Waals surface area contributed by atoms with Crippen molar-refractivity contribution in [2.45, 2.75) is 6.92 Å². The summed E-state index contributed by atoms with van der Waals surface area (Å²) in [6.45, 7) is 5.48. The highest BCUT2D eigenvalue weighted by Gasteiger charge is 2.18. The third kappa shape index (κ3) is 3.10. The van der Waals surface area contributed by atoms with Gasteiger partial charge in [0.2, 0.25) is 0 Å². The Morgan fingerprint density at radius 3 is 2.38 bits per heavy atom. The van der Waals surface area contributed by atoms with Gasteiger partial charge in [0.25, 0.3) is 0 Å². The number of nitrogens with zero attached hydrogens (tertiary/aromatic N) is 2. The summed E-state index contributed by atoms with van der Waals surface area (Å²) in [4.78, 5) is 16.8. The molecule has 0 bridgehead atoms. The van der Waals surface area contributed by atoms with Crippen LogP contribution in [0.25, 0.3) is 22.1 Å². The van der Waals surface area contributed by atoms with E-state index in [-0.39, 0.29) is 5.82 Å². The molecule has 0 aliphatic carbocycles. The lowest BCUT2D eigenvalue weighted by molar-refractivity contribution is 0.313. The monoisotopic (exact) mass is 352 g/mol. The number of anilines is 1. The Labute approximate surface area is 151 Å².